The molecule has 2 aromatic rings. The smallest absolute Gasteiger partial charge is 0.178 e. The topological polar surface area (TPSA) is 29.9 Å². The Morgan fingerprint density at radius 1 is 1.56 bits per heavy atom. The zero-order chi connectivity index (χ0) is 13.1. The van der Waals surface area contributed by atoms with Crippen LogP contribution in [0.4, 0.5) is 0 Å². The van der Waals surface area contributed by atoms with E-state index in [9.17, 15) is 0 Å². The van der Waals surface area contributed by atoms with Crippen LogP contribution in [0.1, 0.15) is 26.3 Å². The van der Waals surface area contributed by atoms with Crippen molar-refractivity contribution in [2.75, 3.05) is 6.61 Å². The van der Waals surface area contributed by atoms with E-state index in [0.717, 1.165) is 28.0 Å². The molecule has 1 aromatic heterocycles. The van der Waals surface area contributed by atoms with Gasteiger partial charge < -0.3 is 14.3 Å². The summed E-state index contributed by atoms with van der Waals surface area (Å²) in [6.07, 6.45) is 2.80. The molecule has 0 fully saturated rings. The first kappa shape index (κ1) is 12.9. The lowest BCUT2D eigenvalue weighted by Gasteiger charge is -2.12. The fraction of sp³-hybridized carbons (Fsp3) is 0.357. The van der Waals surface area contributed by atoms with Gasteiger partial charge in [-0.2, -0.15) is 0 Å². The van der Waals surface area contributed by atoms with Crippen molar-refractivity contribution in [3.8, 4) is 5.75 Å². The van der Waals surface area contributed by atoms with Gasteiger partial charge in [-0.05, 0) is 44.6 Å². The number of rotatable bonds is 5. The molecule has 0 radical (unpaired) electrons. The van der Waals surface area contributed by atoms with Crippen molar-refractivity contribution in [3.63, 3.8) is 0 Å². The SMILES string of the molecule is C=CCC(C)n1c(=S)[nH]c2c(OCC)cccc21. The van der Waals surface area contributed by atoms with Gasteiger partial charge in [0.1, 0.15) is 11.3 Å². The van der Waals surface area contributed by atoms with Crippen LogP contribution in [0.15, 0.2) is 30.9 Å². The summed E-state index contributed by atoms with van der Waals surface area (Å²) in [7, 11) is 0. The summed E-state index contributed by atoms with van der Waals surface area (Å²) < 4.78 is 8.46. The third-order valence-electron chi connectivity index (χ3n) is 2.96. The van der Waals surface area contributed by atoms with Crippen LogP contribution in [0.2, 0.25) is 0 Å². The minimum atomic E-state index is 0.292. The monoisotopic (exact) mass is 262 g/mol. The average Bonchev–Trinajstić information content (AvgIpc) is 2.67. The molecule has 0 saturated carbocycles. The minimum absolute atomic E-state index is 0.292. The predicted molar refractivity (Wildman–Crippen MR) is 77.8 cm³/mol. The van der Waals surface area contributed by atoms with E-state index in [1.54, 1.807) is 0 Å². The molecule has 2 rings (SSSR count). The first-order valence-electron chi connectivity index (χ1n) is 6.16. The first-order valence-corrected chi connectivity index (χ1v) is 6.56. The number of para-hydroxylation sites is 1. The number of nitrogens with zero attached hydrogens (tertiary/aromatic N) is 1. The number of hydrogen-bond acceptors (Lipinski definition) is 2. The summed E-state index contributed by atoms with van der Waals surface area (Å²) in [6, 6.07) is 6.30. The zero-order valence-electron chi connectivity index (χ0n) is 10.8. The first-order chi connectivity index (χ1) is 8.69. The Morgan fingerprint density at radius 3 is 3.00 bits per heavy atom. The van der Waals surface area contributed by atoms with Crippen molar-refractivity contribution in [3.05, 3.63) is 35.6 Å². The number of imidazole rings is 1. The summed E-state index contributed by atoms with van der Waals surface area (Å²) >= 11 is 5.40. The molecule has 3 nitrogen and oxygen atoms in total. The lowest BCUT2D eigenvalue weighted by Crippen LogP contribution is -2.03. The number of allylic oxidation sites excluding steroid dienone is 1. The lowest BCUT2D eigenvalue weighted by atomic mass is 10.2. The second-order valence-corrected chi connectivity index (χ2v) is 4.64. The van der Waals surface area contributed by atoms with Crippen molar-refractivity contribution in [1.82, 2.24) is 9.55 Å². The maximum absolute atomic E-state index is 5.62. The Kier molecular flexibility index (Phi) is 3.87. The third-order valence-corrected chi connectivity index (χ3v) is 3.26. The molecule has 0 saturated heterocycles. The summed E-state index contributed by atoms with van der Waals surface area (Å²) in [4.78, 5) is 3.24. The van der Waals surface area contributed by atoms with Gasteiger partial charge in [-0.25, -0.2) is 0 Å². The molecule has 1 N–H and O–H groups in total. The number of nitrogens with one attached hydrogen (secondary N) is 1. The number of aromatic nitrogens is 2. The Hall–Kier alpha value is -1.55. The summed E-state index contributed by atoms with van der Waals surface area (Å²) in [5, 5.41) is 0. The molecule has 0 aliphatic rings. The molecule has 18 heavy (non-hydrogen) atoms. The van der Waals surface area contributed by atoms with Gasteiger partial charge in [0.2, 0.25) is 0 Å². The molecular formula is C14H18N2OS. The van der Waals surface area contributed by atoms with Crippen molar-refractivity contribution in [1.29, 1.82) is 0 Å². The minimum Gasteiger partial charge on any atom is -0.492 e. The number of benzene rings is 1. The summed E-state index contributed by atoms with van der Waals surface area (Å²) in [6.45, 7) is 8.54. The molecule has 0 aliphatic heterocycles. The van der Waals surface area contributed by atoms with Crippen LogP contribution >= 0.6 is 12.2 Å². The Labute approximate surface area is 112 Å². The van der Waals surface area contributed by atoms with Crippen LogP contribution in [0.5, 0.6) is 5.75 Å². The normalized spacial score (nSPS) is 12.6. The highest BCUT2D eigenvalue weighted by Gasteiger charge is 2.12. The quantitative estimate of drug-likeness (QED) is 0.645. The van der Waals surface area contributed by atoms with Gasteiger partial charge >= 0.3 is 0 Å². The standard InChI is InChI=1S/C14H18N2OS/c1-4-7-10(3)16-11-8-6-9-12(17-5-2)13(11)15-14(16)18/h4,6,8-10H,1,5,7H2,2-3H3,(H,15,18). The van der Waals surface area contributed by atoms with Gasteiger partial charge in [0.05, 0.1) is 12.1 Å². The molecule has 1 unspecified atom stereocenters. The highest BCUT2D eigenvalue weighted by atomic mass is 32.1. The molecule has 1 atom stereocenters. The Bertz CT molecular complexity index is 612. The Morgan fingerprint density at radius 2 is 2.33 bits per heavy atom. The Balaban J connectivity index is 2.61. The molecule has 1 heterocycles. The van der Waals surface area contributed by atoms with Crippen molar-refractivity contribution < 1.29 is 4.74 Å². The number of hydrogen-bond donors (Lipinski definition) is 1. The fourth-order valence-electron chi connectivity index (χ4n) is 2.18. The van der Waals surface area contributed by atoms with Gasteiger partial charge in [-0.3, -0.25) is 0 Å². The zero-order valence-corrected chi connectivity index (χ0v) is 11.6. The van der Waals surface area contributed by atoms with E-state index < -0.39 is 0 Å². The summed E-state index contributed by atoms with van der Waals surface area (Å²) in [5.74, 6) is 0.852. The van der Waals surface area contributed by atoms with Gasteiger partial charge in [0, 0.05) is 6.04 Å². The van der Waals surface area contributed by atoms with E-state index in [1.165, 1.54) is 0 Å². The average molecular weight is 262 g/mol. The highest BCUT2D eigenvalue weighted by Crippen LogP contribution is 2.28. The van der Waals surface area contributed by atoms with Gasteiger partial charge in [-0.1, -0.05) is 12.1 Å². The molecular weight excluding hydrogens is 244 g/mol. The van der Waals surface area contributed by atoms with Crippen LogP contribution in [-0.4, -0.2) is 16.2 Å². The number of H-pyrrole nitrogens is 1. The maximum Gasteiger partial charge on any atom is 0.178 e. The highest BCUT2D eigenvalue weighted by molar-refractivity contribution is 7.71. The van der Waals surface area contributed by atoms with E-state index in [-0.39, 0.29) is 0 Å². The molecule has 0 amide bonds. The number of ether oxygens (including phenoxy) is 1. The lowest BCUT2D eigenvalue weighted by molar-refractivity contribution is 0.343. The van der Waals surface area contributed by atoms with Gasteiger partial charge in [0.15, 0.2) is 4.77 Å². The van der Waals surface area contributed by atoms with Crippen LogP contribution in [0, 0.1) is 4.77 Å². The summed E-state index contributed by atoms with van der Waals surface area (Å²) in [5.41, 5.74) is 2.06. The van der Waals surface area contributed by atoms with Crippen LogP contribution in [0.25, 0.3) is 11.0 Å². The van der Waals surface area contributed by atoms with E-state index >= 15 is 0 Å². The molecule has 0 bridgehead atoms. The van der Waals surface area contributed by atoms with Crippen LogP contribution in [0.3, 0.4) is 0 Å². The van der Waals surface area contributed by atoms with Crippen LogP contribution in [-0.2, 0) is 0 Å². The van der Waals surface area contributed by atoms with E-state index in [0.29, 0.717) is 12.6 Å². The van der Waals surface area contributed by atoms with Gasteiger partial charge in [-0.15, -0.1) is 6.58 Å². The van der Waals surface area contributed by atoms with E-state index in [1.807, 2.05) is 25.1 Å². The largest absolute Gasteiger partial charge is 0.492 e. The third kappa shape index (κ3) is 2.20. The second kappa shape index (κ2) is 5.40. The fourth-order valence-corrected chi connectivity index (χ4v) is 2.56. The van der Waals surface area contributed by atoms with Crippen molar-refractivity contribution in [2.24, 2.45) is 0 Å². The van der Waals surface area contributed by atoms with Crippen LogP contribution < -0.4 is 4.74 Å². The van der Waals surface area contributed by atoms with E-state index in [4.69, 9.17) is 17.0 Å². The molecule has 96 valence electrons. The van der Waals surface area contributed by atoms with Gasteiger partial charge in [0.25, 0.3) is 0 Å². The second-order valence-electron chi connectivity index (χ2n) is 4.26. The maximum atomic E-state index is 5.62. The molecule has 0 spiro atoms. The predicted octanol–water partition coefficient (Wildman–Crippen LogP) is 4.23. The molecule has 0 aliphatic carbocycles. The molecule has 4 heteroatoms. The molecule has 1 aromatic carbocycles. The van der Waals surface area contributed by atoms with Crippen molar-refractivity contribution >= 4 is 23.3 Å². The number of fused-ring (bicyclic) bond motifs is 1. The van der Waals surface area contributed by atoms with Crippen molar-refractivity contribution in [2.45, 2.75) is 26.3 Å². The van der Waals surface area contributed by atoms with E-state index in [2.05, 4.69) is 29.1 Å². The number of aromatic amines is 1.